The molecule has 3 aliphatic rings. The first-order chi connectivity index (χ1) is 13.6. The smallest absolute Gasteiger partial charge is 0.334 e. The molecule has 1 spiro atoms. The topological polar surface area (TPSA) is 138 Å². The van der Waals surface area contributed by atoms with Crippen LogP contribution in [0.4, 0.5) is 0 Å². The highest BCUT2D eigenvalue weighted by atomic mass is 32.2. The molecule has 160 valence electrons. The fourth-order valence-corrected chi connectivity index (χ4v) is 4.85. The Morgan fingerprint density at radius 3 is 2.21 bits per heavy atom. The molecule has 1 unspecified atom stereocenters. The summed E-state index contributed by atoms with van der Waals surface area (Å²) in [6.07, 6.45) is 7.18. The van der Waals surface area contributed by atoms with Crippen molar-refractivity contribution in [2.24, 2.45) is 5.41 Å². The number of imide groups is 1. The second-order valence-corrected chi connectivity index (χ2v) is 9.47. The van der Waals surface area contributed by atoms with Crippen molar-refractivity contribution in [3.8, 4) is 0 Å². The van der Waals surface area contributed by atoms with Crippen LogP contribution in [0, 0.1) is 5.41 Å². The Kier molecular flexibility index (Phi) is 6.08. The summed E-state index contributed by atoms with van der Waals surface area (Å²) in [6, 6.07) is 0. The fraction of sp³-hybridized carbons (Fsp3) is 0.667. The summed E-state index contributed by atoms with van der Waals surface area (Å²) in [5.74, 6) is -2.77. The van der Waals surface area contributed by atoms with Gasteiger partial charge in [-0.3, -0.25) is 23.8 Å². The van der Waals surface area contributed by atoms with Crippen LogP contribution < -0.4 is 0 Å². The molecule has 3 rings (SSSR count). The van der Waals surface area contributed by atoms with Crippen LogP contribution in [0.15, 0.2) is 12.2 Å². The van der Waals surface area contributed by atoms with Gasteiger partial charge in [-0.1, -0.05) is 25.7 Å². The Morgan fingerprint density at radius 1 is 1.07 bits per heavy atom. The summed E-state index contributed by atoms with van der Waals surface area (Å²) in [7, 11) is -4.75. The number of amides is 3. The molecule has 1 atom stereocenters. The second kappa shape index (κ2) is 8.23. The summed E-state index contributed by atoms with van der Waals surface area (Å²) >= 11 is 0. The van der Waals surface area contributed by atoms with E-state index in [2.05, 4.69) is 0 Å². The number of carbonyl (C=O) groups is 4. The number of rotatable bonds is 6. The zero-order chi connectivity index (χ0) is 21.2. The average Bonchev–Trinajstić information content (AvgIpc) is 3.00. The van der Waals surface area contributed by atoms with Crippen molar-refractivity contribution in [1.82, 2.24) is 9.96 Å². The van der Waals surface area contributed by atoms with Crippen molar-refractivity contribution in [3.05, 3.63) is 12.2 Å². The molecule has 0 aromatic heterocycles. The Bertz CT molecular complexity index is 824. The lowest BCUT2D eigenvalue weighted by molar-refractivity contribution is -0.195. The van der Waals surface area contributed by atoms with Crippen LogP contribution in [0.3, 0.4) is 0 Å². The molecule has 1 saturated carbocycles. The molecular formula is C18H24N2O8S. The molecule has 1 aliphatic carbocycles. The van der Waals surface area contributed by atoms with E-state index in [1.54, 1.807) is 0 Å². The maximum Gasteiger partial charge on any atom is 0.334 e. The van der Waals surface area contributed by atoms with Gasteiger partial charge >= 0.3 is 5.97 Å². The lowest BCUT2D eigenvalue weighted by Gasteiger charge is -2.25. The third kappa shape index (κ3) is 4.67. The van der Waals surface area contributed by atoms with Crippen molar-refractivity contribution in [2.45, 2.75) is 56.6 Å². The minimum absolute atomic E-state index is 0.230. The van der Waals surface area contributed by atoms with Crippen molar-refractivity contribution in [1.29, 1.82) is 0 Å². The van der Waals surface area contributed by atoms with Crippen molar-refractivity contribution < 1.29 is 37.0 Å². The minimum Gasteiger partial charge on any atom is -0.338 e. The molecule has 2 heterocycles. The largest absolute Gasteiger partial charge is 0.338 e. The van der Waals surface area contributed by atoms with Gasteiger partial charge in [0, 0.05) is 18.7 Å². The Morgan fingerprint density at radius 2 is 1.66 bits per heavy atom. The monoisotopic (exact) mass is 428 g/mol. The highest BCUT2D eigenvalue weighted by Crippen LogP contribution is 2.43. The summed E-state index contributed by atoms with van der Waals surface area (Å²) < 4.78 is 32.7. The SMILES string of the molecule is O=C(CC(CN1C(=O)C=CC1=O)S(=O)(=O)O)ON1CCC2(CCCCCC2)C1=O. The quantitative estimate of drug-likeness (QED) is 0.479. The molecule has 1 N–H and O–H groups in total. The van der Waals surface area contributed by atoms with E-state index in [9.17, 15) is 32.1 Å². The molecule has 0 radical (unpaired) electrons. The zero-order valence-electron chi connectivity index (χ0n) is 15.9. The third-order valence-corrected chi connectivity index (χ3v) is 7.01. The van der Waals surface area contributed by atoms with Gasteiger partial charge in [0.05, 0.1) is 18.4 Å². The number of hydrogen-bond acceptors (Lipinski definition) is 7. The number of carbonyl (C=O) groups excluding carboxylic acids is 4. The number of hydroxylamine groups is 2. The average molecular weight is 428 g/mol. The van der Waals surface area contributed by atoms with Gasteiger partial charge in [0.1, 0.15) is 5.25 Å². The Labute approximate surface area is 168 Å². The summed E-state index contributed by atoms with van der Waals surface area (Å²) in [4.78, 5) is 54.0. The maximum absolute atomic E-state index is 12.8. The minimum atomic E-state index is -4.75. The van der Waals surface area contributed by atoms with E-state index in [0.717, 1.165) is 55.7 Å². The van der Waals surface area contributed by atoms with Crippen molar-refractivity contribution in [2.75, 3.05) is 13.1 Å². The van der Waals surface area contributed by atoms with E-state index in [4.69, 9.17) is 4.84 Å². The van der Waals surface area contributed by atoms with Crippen LogP contribution in [-0.2, 0) is 34.1 Å². The molecular weight excluding hydrogens is 404 g/mol. The molecule has 3 amide bonds. The molecule has 10 nitrogen and oxygen atoms in total. The third-order valence-electron chi connectivity index (χ3n) is 5.85. The normalized spacial score (nSPS) is 23.0. The molecule has 2 fully saturated rings. The van der Waals surface area contributed by atoms with E-state index in [-0.39, 0.29) is 12.5 Å². The predicted octanol–water partition coefficient (Wildman–Crippen LogP) is 0.589. The maximum atomic E-state index is 12.8. The molecule has 0 aromatic carbocycles. The standard InChI is InChI=1S/C18H24N2O8S/c21-14-5-6-15(22)19(14)12-13(29(25,26)27)11-16(23)28-20-10-9-18(17(20)24)7-3-1-2-4-8-18/h5-6,13H,1-4,7-12H2,(H,25,26,27). The first-order valence-corrected chi connectivity index (χ1v) is 11.2. The number of nitrogens with zero attached hydrogens (tertiary/aromatic N) is 2. The first kappa shape index (κ1) is 21.4. The van der Waals surface area contributed by atoms with E-state index in [0.29, 0.717) is 11.3 Å². The number of hydrogen-bond donors (Lipinski definition) is 1. The fourth-order valence-electron chi connectivity index (χ4n) is 4.17. The summed E-state index contributed by atoms with van der Waals surface area (Å²) in [5.41, 5.74) is -0.528. The van der Waals surface area contributed by atoms with Gasteiger partial charge in [-0.05, 0) is 19.3 Å². The highest BCUT2D eigenvalue weighted by molar-refractivity contribution is 7.86. The van der Waals surface area contributed by atoms with E-state index in [1.807, 2.05) is 0 Å². The van der Waals surface area contributed by atoms with Gasteiger partial charge < -0.3 is 4.84 Å². The van der Waals surface area contributed by atoms with E-state index < -0.39 is 51.5 Å². The first-order valence-electron chi connectivity index (χ1n) is 9.65. The van der Waals surface area contributed by atoms with Crippen LogP contribution in [0.1, 0.15) is 51.4 Å². The van der Waals surface area contributed by atoms with Crippen LogP contribution in [0.5, 0.6) is 0 Å². The molecule has 0 aromatic rings. The second-order valence-electron chi connectivity index (χ2n) is 7.78. The van der Waals surface area contributed by atoms with Crippen LogP contribution in [-0.4, -0.2) is 65.0 Å². The van der Waals surface area contributed by atoms with Crippen molar-refractivity contribution in [3.63, 3.8) is 0 Å². The van der Waals surface area contributed by atoms with Crippen LogP contribution >= 0.6 is 0 Å². The van der Waals surface area contributed by atoms with E-state index in [1.165, 1.54) is 0 Å². The zero-order valence-corrected chi connectivity index (χ0v) is 16.7. The molecule has 11 heteroatoms. The highest BCUT2D eigenvalue weighted by Gasteiger charge is 2.48. The Balaban J connectivity index is 1.62. The predicted molar refractivity (Wildman–Crippen MR) is 98.4 cm³/mol. The summed E-state index contributed by atoms with van der Waals surface area (Å²) in [5, 5.41) is -0.769. The van der Waals surface area contributed by atoms with Gasteiger partial charge in [0.2, 0.25) is 0 Å². The van der Waals surface area contributed by atoms with E-state index >= 15 is 0 Å². The lowest BCUT2D eigenvalue weighted by Crippen LogP contribution is -2.42. The van der Waals surface area contributed by atoms with Crippen LogP contribution in [0.25, 0.3) is 0 Å². The molecule has 29 heavy (non-hydrogen) atoms. The summed E-state index contributed by atoms with van der Waals surface area (Å²) in [6.45, 7) is -0.454. The van der Waals surface area contributed by atoms with Gasteiger partial charge in [-0.25, -0.2) is 4.79 Å². The van der Waals surface area contributed by atoms with Gasteiger partial charge in [-0.15, -0.1) is 0 Å². The van der Waals surface area contributed by atoms with Crippen molar-refractivity contribution >= 4 is 33.8 Å². The van der Waals surface area contributed by atoms with Crippen LogP contribution in [0.2, 0.25) is 0 Å². The lowest BCUT2D eigenvalue weighted by atomic mass is 9.79. The Hall–Kier alpha value is -2.27. The van der Waals surface area contributed by atoms with Gasteiger partial charge in [0.25, 0.3) is 27.8 Å². The molecule has 2 aliphatic heterocycles. The van der Waals surface area contributed by atoms with Gasteiger partial charge in [0.15, 0.2) is 0 Å². The van der Waals surface area contributed by atoms with Gasteiger partial charge in [-0.2, -0.15) is 13.5 Å². The molecule has 0 bridgehead atoms. The molecule has 1 saturated heterocycles.